The minimum Gasteiger partial charge on any atom is -0.327 e. The van der Waals surface area contributed by atoms with E-state index in [-0.39, 0.29) is 0 Å². The highest BCUT2D eigenvalue weighted by atomic mass is 32.1. The van der Waals surface area contributed by atoms with Gasteiger partial charge in [-0.15, -0.1) is 11.3 Å². The molecule has 1 aromatic carbocycles. The third-order valence-electron chi connectivity index (χ3n) is 4.89. The maximum Gasteiger partial charge on any atom is 0.0345 e. The molecule has 3 unspecified atom stereocenters. The molecule has 0 bridgehead atoms. The van der Waals surface area contributed by atoms with E-state index in [1.807, 2.05) is 11.3 Å². The van der Waals surface area contributed by atoms with Gasteiger partial charge >= 0.3 is 0 Å². The van der Waals surface area contributed by atoms with Gasteiger partial charge < -0.3 is 5.73 Å². The Hall–Kier alpha value is -0.860. The molecule has 1 aliphatic rings. The molecule has 20 heavy (non-hydrogen) atoms. The number of benzene rings is 1. The van der Waals surface area contributed by atoms with Crippen molar-refractivity contribution in [3.05, 3.63) is 35.2 Å². The van der Waals surface area contributed by atoms with E-state index < -0.39 is 0 Å². The molecule has 0 saturated heterocycles. The molecule has 0 radical (unpaired) electrons. The zero-order valence-corrected chi connectivity index (χ0v) is 13.2. The van der Waals surface area contributed by atoms with E-state index in [2.05, 4.69) is 36.6 Å². The van der Waals surface area contributed by atoms with Crippen LogP contribution in [0.3, 0.4) is 0 Å². The van der Waals surface area contributed by atoms with E-state index >= 15 is 0 Å². The normalized spacial score (nSPS) is 27.0. The number of rotatable bonds is 4. The van der Waals surface area contributed by atoms with Crippen LogP contribution in [0.4, 0.5) is 0 Å². The van der Waals surface area contributed by atoms with Crippen LogP contribution in [-0.2, 0) is 6.42 Å². The summed E-state index contributed by atoms with van der Waals surface area (Å²) in [6.45, 7) is 2.30. The lowest BCUT2D eigenvalue weighted by Crippen LogP contribution is -2.37. The van der Waals surface area contributed by atoms with Crippen LogP contribution < -0.4 is 5.73 Å². The van der Waals surface area contributed by atoms with Gasteiger partial charge in [0.2, 0.25) is 0 Å². The lowest BCUT2D eigenvalue weighted by atomic mass is 9.74. The van der Waals surface area contributed by atoms with Gasteiger partial charge in [0.25, 0.3) is 0 Å². The van der Waals surface area contributed by atoms with Gasteiger partial charge in [-0.1, -0.05) is 38.0 Å². The zero-order chi connectivity index (χ0) is 13.9. The largest absolute Gasteiger partial charge is 0.327 e. The zero-order valence-electron chi connectivity index (χ0n) is 12.3. The third kappa shape index (κ3) is 2.91. The second kappa shape index (κ2) is 6.28. The highest BCUT2D eigenvalue weighted by Crippen LogP contribution is 2.35. The van der Waals surface area contributed by atoms with Crippen LogP contribution in [0.15, 0.2) is 29.6 Å². The molecular formula is C18H25NS. The quantitative estimate of drug-likeness (QED) is 0.842. The molecule has 1 nitrogen and oxygen atoms in total. The van der Waals surface area contributed by atoms with Crippen LogP contribution in [0.1, 0.15) is 44.6 Å². The van der Waals surface area contributed by atoms with Gasteiger partial charge in [-0.25, -0.2) is 0 Å². The predicted octanol–water partition coefficient (Wildman–Crippen LogP) is 4.99. The molecule has 108 valence electrons. The molecular weight excluding hydrogens is 262 g/mol. The summed E-state index contributed by atoms with van der Waals surface area (Å²) >= 11 is 1.87. The van der Waals surface area contributed by atoms with Crippen molar-refractivity contribution < 1.29 is 0 Å². The van der Waals surface area contributed by atoms with Gasteiger partial charge in [0.15, 0.2) is 0 Å². The summed E-state index contributed by atoms with van der Waals surface area (Å²) in [5.41, 5.74) is 7.92. The Bertz CT molecular complexity index is 559. The van der Waals surface area contributed by atoms with Crippen LogP contribution >= 0.6 is 11.3 Å². The molecule has 1 saturated carbocycles. The summed E-state index contributed by atoms with van der Waals surface area (Å²) in [5.74, 6) is 1.59. The van der Waals surface area contributed by atoms with E-state index in [1.165, 1.54) is 54.2 Å². The summed E-state index contributed by atoms with van der Waals surface area (Å²) in [6, 6.07) is 9.18. The molecule has 0 spiro atoms. The number of nitrogens with two attached hydrogens (primary N) is 1. The summed E-state index contributed by atoms with van der Waals surface area (Å²) in [4.78, 5) is 0. The summed E-state index contributed by atoms with van der Waals surface area (Å²) in [6.07, 6.45) is 7.76. The van der Waals surface area contributed by atoms with Crippen molar-refractivity contribution in [1.82, 2.24) is 0 Å². The van der Waals surface area contributed by atoms with Crippen molar-refractivity contribution in [2.24, 2.45) is 17.6 Å². The van der Waals surface area contributed by atoms with Gasteiger partial charge in [-0.3, -0.25) is 0 Å². The Morgan fingerprint density at radius 1 is 1.25 bits per heavy atom. The van der Waals surface area contributed by atoms with E-state index in [0.29, 0.717) is 12.0 Å². The smallest absolute Gasteiger partial charge is 0.0345 e. The average molecular weight is 287 g/mol. The van der Waals surface area contributed by atoms with Crippen molar-refractivity contribution in [3.8, 4) is 0 Å². The molecule has 0 amide bonds. The predicted molar refractivity (Wildman–Crippen MR) is 89.2 cm³/mol. The van der Waals surface area contributed by atoms with Crippen molar-refractivity contribution in [2.45, 2.75) is 51.5 Å². The van der Waals surface area contributed by atoms with Gasteiger partial charge in [0.1, 0.15) is 0 Å². The third-order valence-corrected chi connectivity index (χ3v) is 5.90. The van der Waals surface area contributed by atoms with Crippen LogP contribution in [-0.4, -0.2) is 6.04 Å². The molecule has 2 heteroatoms. The first-order chi connectivity index (χ1) is 9.78. The fraction of sp³-hybridized carbons (Fsp3) is 0.556. The molecule has 2 N–H and O–H groups in total. The van der Waals surface area contributed by atoms with Crippen LogP contribution in [0.2, 0.25) is 0 Å². The number of hydrogen-bond acceptors (Lipinski definition) is 2. The minimum absolute atomic E-state index is 0.404. The lowest BCUT2D eigenvalue weighted by Gasteiger charge is -2.34. The van der Waals surface area contributed by atoms with Crippen LogP contribution in [0, 0.1) is 11.8 Å². The van der Waals surface area contributed by atoms with Gasteiger partial charge in [0.05, 0.1) is 0 Å². The van der Waals surface area contributed by atoms with Crippen LogP contribution in [0.5, 0.6) is 0 Å². The Kier molecular flexibility index (Phi) is 4.42. The van der Waals surface area contributed by atoms with Crippen molar-refractivity contribution in [1.29, 1.82) is 0 Å². The van der Waals surface area contributed by atoms with Gasteiger partial charge in [0, 0.05) is 10.7 Å². The second-order valence-corrected chi connectivity index (χ2v) is 7.26. The van der Waals surface area contributed by atoms with Crippen molar-refractivity contribution >= 4 is 21.4 Å². The van der Waals surface area contributed by atoms with Crippen LogP contribution in [0.25, 0.3) is 10.1 Å². The van der Waals surface area contributed by atoms with Crippen molar-refractivity contribution in [2.75, 3.05) is 0 Å². The number of hydrogen-bond donors (Lipinski definition) is 1. The molecule has 1 aromatic heterocycles. The second-order valence-electron chi connectivity index (χ2n) is 6.35. The molecule has 1 heterocycles. The molecule has 0 aliphatic heterocycles. The lowest BCUT2D eigenvalue weighted by molar-refractivity contribution is 0.222. The SMILES string of the molecule is CCCC1CCC(N)C(Cc2csc3ccccc23)C1. The fourth-order valence-corrected chi connectivity index (χ4v) is 4.74. The topological polar surface area (TPSA) is 26.0 Å². The van der Waals surface area contributed by atoms with E-state index in [9.17, 15) is 0 Å². The monoisotopic (exact) mass is 287 g/mol. The Balaban J connectivity index is 1.75. The Labute approximate surface area is 126 Å². The first-order valence-corrected chi connectivity index (χ1v) is 8.86. The average Bonchev–Trinajstić information content (AvgIpc) is 2.86. The van der Waals surface area contributed by atoms with E-state index in [0.717, 1.165) is 5.92 Å². The molecule has 2 aromatic rings. The highest BCUT2D eigenvalue weighted by molar-refractivity contribution is 7.17. The Morgan fingerprint density at radius 2 is 2.10 bits per heavy atom. The van der Waals surface area contributed by atoms with E-state index in [1.54, 1.807) is 0 Å². The molecule has 3 rings (SSSR count). The first-order valence-electron chi connectivity index (χ1n) is 7.98. The Morgan fingerprint density at radius 3 is 2.95 bits per heavy atom. The van der Waals surface area contributed by atoms with E-state index in [4.69, 9.17) is 5.73 Å². The summed E-state index contributed by atoms with van der Waals surface area (Å²) < 4.78 is 1.41. The number of thiophene rings is 1. The summed E-state index contributed by atoms with van der Waals surface area (Å²) in [7, 11) is 0. The molecule has 1 aliphatic carbocycles. The van der Waals surface area contributed by atoms with Gasteiger partial charge in [-0.2, -0.15) is 0 Å². The standard InChI is InChI=1S/C18H25NS/c1-2-5-13-8-9-17(19)14(10-13)11-15-12-20-18-7-4-3-6-16(15)18/h3-4,6-7,12-14,17H,2,5,8-11,19H2,1H3. The number of fused-ring (bicyclic) bond motifs is 1. The summed E-state index contributed by atoms with van der Waals surface area (Å²) in [5, 5.41) is 3.79. The maximum atomic E-state index is 6.40. The minimum atomic E-state index is 0.404. The highest BCUT2D eigenvalue weighted by Gasteiger charge is 2.28. The fourth-order valence-electron chi connectivity index (χ4n) is 3.76. The first kappa shape index (κ1) is 14.1. The molecule has 1 fully saturated rings. The van der Waals surface area contributed by atoms with Crippen molar-refractivity contribution in [3.63, 3.8) is 0 Å². The maximum absolute atomic E-state index is 6.40. The van der Waals surface area contributed by atoms with Gasteiger partial charge in [-0.05, 0) is 59.9 Å². The molecule has 3 atom stereocenters.